The second-order valence-electron chi connectivity index (χ2n) is 4.18. The molecule has 0 aliphatic rings. The first-order valence-electron chi connectivity index (χ1n) is 5.73. The highest BCUT2D eigenvalue weighted by Gasteiger charge is 2.18. The zero-order valence-corrected chi connectivity index (χ0v) is 10.9. The van der Waals surface area contributed by atoms with E-state index in [-0.39, 0.29) is 0 Å². The fourth-order valence-electron chi connectivity index (χ4n) is 1.73. The maximum absolute atomic E-state index is 4.17. The Morgan fingerprint density at radius 2 is 2.07 bits per heavy atom. The Labute approximate surface area is 96.5 Å². The number of nitrogens with one attached hydrogen (secondary N) is 1. The van der Waals surface area contributed by atoms with Gasteiger partial charge in [-0.1, -0.05) is 32.2 Å². The van der Waals surface area contributed by atoms with Gasteiger partial charge in [0.05, 0.1) is 10.6 Å². The molecular weight excluding hydrogens is 206 g/mol. The number of hydrogen-bond acceptors (Lipinski definition) is 4. The summed E-state index contributed by atoms with van der Waals surface area (Å²) in [7, 11) is 0. The van der Waals surface area contributed by atoms with Crippen LogP contribution in [-0.4, -0.2) is 16.1 Å². The molecule has 0 saturated heterocycles. The third-order valence-electron chi connectivity index (χ3n) is 2.39. The molecule has 1 atom stereocenters. The molecule has 15 heavy (non-hydrogen) atoms. The molecule has 0 saturated carbocycles. The molecule has 0 bridgehead atoms. The molecule has 1 heterocycles. The van der Waals surface area contributed by atoms with Crippen molar-refractivity contribution in [1.29, 1.82) is 0 Å². The van der Waals surface area contributed by atoms with Crippen LogP contribution in [0.25, 0.3) is 0 Å². The minimum absolute atomic E-state index is 0.435. The molecule has 86 valence electrons. The van der Waals surface area contributed by atoms with Gasteiger partial charge in [0.1, 0.15) is 0 Å². The molecule has 0 aromatic carbocycles. The van der Waals surface area contributed by atoms with Gasteiger partial charge in [-0.05, 0) is 36.8 Å². The van der Waals surface area contributed by atoms with E-state index in [1.165, 1.54) is 4.88 Å². The van der Waals surface area contributed by atoms with Crippen LogP contribution in [0.4, 0.5) is 0 Å². The van der Waals surface area contributed by atoms with Gasteiger partial charge in [0.25, 0.3) is 0 Å². The van der Waals surface area contributed by atoms with Gasteiger partial charge in [-0.25, -0.2) is 0 Å². The summed E-state index contributed by atoms with van der Waals surface area (Å²) >= 11 is 1.54. The van der Waals surface area contributed by atoms with E-state index in [0.717, 1.165) is 25.1 Å². The Hall–Kier alpha value is -0.480. The summed E-state index contributed by atoms with van der Waals surface area (Å²) in [5.74, 6) is 0.695. The van der Waals surface area contributed by atoms with Crippen LogP contribution in [0, 0.1) is 5.92 Å². The maximum Gasteiger partial charge on any atom is 0.0800 e. The minimum Gasteiger partial charge on any atom is -0.309 e. The molecule has 0 radical (unpaired) electrons. The van der Waals surface area contributed by atoms with E-state index in [0.29, 0.717) is 12.0 Å². The standard InChI is InChI=1S/C11H21N3S/c1-5-9-11(15-14-13-9)10(12-6-2)7-8(3)4/h8,10,12H,5-7H2,1-4H3. The van der Waals surface area contributed by atoms with Crippen molar-refractivity contribution in [2.24, 2.45) is 5.92 Å². The predicted molar refractivity (Wildman–Crippen MR) is 65.2 cm³/mol. The van der Waals surface area contributed by atoms with Gasteiger partial charge in [0, 0.05) is 6.04 Å². The van der Waals surface area contributed by atoms with Crippen LogP contribution >= 0.6 is 11.5 Å². The maximum atomic E-state index is 4.17. The van der Waals surface area contributed by atoms with Gasteiger partial charge in [0.2, 0.25) is 0 Å². The summed E-state index contributed by atoms with van der Waals surface area (Å²) in [5.41, 5.74) is 1.16. The van der Waals surface area contributed by atoms with Crippen LogP contribution in [0.2, 0.25) is 0 Å². The third kappa shape index (κ3) is 3.54. The molecule has 0 fully saturated rings. The smallest absolute Gasteiger partial charge is 0.0800 e. The number of aromatic nitrogens is 2. The molecule has 1 unspecified atom stereocenters. The van der Waals surface area contributed by atoms with Crippen LogP contribution in [0.15, 0.2) is 0 Å². The average molecular weight is 227 g/mol. The van der Waals surface area contributed by atoms with Gasteiger partial charge in [0.15, 0.2) is 0 Å². The lowest BCUT2D eigenvalue weighted by Crippen LogP contribution is -2.22. The van der Waals surface area contributed by atoms with Gasteiger partial charge >= 0.3 is 0 Å². The molecule has 1 aromatic heterocycles. The molecule has 4 heteroatoms. The van der Waals surface area contributed by atoms with Gasteiger partial charge in [-0.15, -0.1) is 5.10 Å². The summed E-state index contributed by atoms with van der Waals surface area (Å²) in [6.07, 6.45) is 2.14. The Morgan fingerprint density at radius 1 is 1.33 bits per heavy atom. The summed E-state index contributed by atoms with van der Waals surface area (Å²) < 4.78 is 4.06. The van der Waals surface area contributed by atoms with E-state index < -0.39 is 0 Å². The molecule has 0 aliphatic carbocycles. The normalized spacial score (nSPS) is 13.4. The fraction of sp³-hybridized carbons (Fsp3) is 0.818. The van der Waals surface area contributed by atoms with Gasteiger partial charge < -0.3 is 5.32 Å². The Morgan fingerprint density at radius 3 is 2.60 bits per heavy atom. The van der Waals surface area contributed by atoms with Gasteiger partial charge in [-0.2, -0.15) is 0 Å². The Bertz CT molecular complexity index is 283. The van der Waals surface area contributed by atoms with Crippen molar-refractivity contribution in [3.8, 4) is 0 Å². The van der Waals surface area contributed by atoms with Crippen LogP contribution in [0.1, 0.15) is 50.7 Å². The lowest BCUT2D eigenvalue weighted by Gasteiger charge is -2.18. The molecule has 0 spiro atoms. The quantitative estimate of drug-likeness (QED) is 0.812. The predicted octanol–water partition coefficient (Wildman–Crippen LogP) is 2.80. The molecule has 1 rings (SSSR count). The zero-order chi connectivity index (χ0) is 11.3. The SMILES string of the molecule is CCNC(CC(C)C)c1snnc1CC. The van der Waals surface area contributed by atoms with Crippen molar-refractivity contribution in [3.05, 3.63) is 10.6 Å². The third-order valence-corrected chi connectivity index (χ3v) is 3.27. The monoisotopic (exact) mass is 227 g/mol. The van der Waals surface area contributed by atoms with E-state index >= 15 is 0 Å². The largest absolute Gasteiger partial charge is 0.309 e. The fourth-order valence-corrected chi connectivity index (χ4v) is 2.55. The van der Waals surface area contributed by atoms with Crippen LogP contribution in [-0.2, 0) is 6.42 Å². The molecule has 1 N–H and O–H groups in total. The van der Waals surface area contributed by atoms with Crippen molar-refractivity contribution in [2.45, 2.75) is 46.6 Å². The van der Waals surface area contributed by atoms with Crippen LogP contribution in [0.3, 0.4) is 0 Å². The summed E-state index contributed by atoms with van der Waals surface area (Å²) in [6, 6.07) is 0.435. The molecule has 0 amide bonds. The Kier molecular flexibility index (Phi) is 5.19. The van der Waals surface area contributed by atoms with Crippen molar-refractivity contribution in [1.82, 2.24) is 14.9 Å². The van der Waals surface area contributed by atoms with Gasteiger partial charge in [-0.3, -0.25) is 0 Å². The highest BCUT2D eigenvalue weighted by atomic mass is 32.1. The Balaban J connectivity index is 2.78. The van der Waals surface area contributed by atoms with Crippen molar-refractivity contribution in [2.75, 3.05) is 6.54 Å². The molecule has 0 aliphatic heterocycles. The first-order chi connectivity index (χ1) is 7.19. The topological polar surface area (TPSA) is 37.8 Å². The number of aryl methyl sites for hydroxylation is 1. The number of nitrogens with zero attached hydrogens (tertiary/aromatic N) is 2. The lowest BCUT2D eigenvalue weighted by molar-refractivity contribution is 0.441. The van der Waals surface area contributed by atoms with Crippen molar-refractivity contribution < 1.29 is 0 Å². The van der Waals surface area contributed by atoms with Crippen LogP contribution < -0.4 is 5.32 Å². The summed E-state index contributed by atoms with van der Waals surface area (Å²) in [6.45, 7) is 9.79. The molecule has 3 nitrogen and oxygen atoms in total. The molecular formula is C11H21N3S. The zero-order valence-electron chi connectivity index (χ0n) is 10.1. The first-order valence-corrected chi connectivity index (χ1v) is 6.50. The average Bonchev–Trinajstić information content (AvgIpc) is 2.64. The minimum atomic E-state index is 0.435. The van der Waals surface area contributed by atoms with Crippen molar-refractivity contribution in [3.63, 3.8) is 0 Å². The van der Waals surface area contributed by atoms with E-state index in [1.54, 1.807) is 11.5 Å². The summed E-state index contributed by atoms with van der Waals surface area (Å²) in [5, 5.41) is 7.70. The first kappa shape index (κ1) is 12.6. The molecule has 1 aromatic rings. The van der Waals surface area contributed by atoms with E-state index in [9.17, 15) is 0 Å². The highest BCUT2D eigenvalue weighted by molar-refractivity contribution is 7.05. The van der Waals surface area contributed by atoms with E-state index in [4.69, 9.17) is 0 Å². The highest BCUT2D eigenvalue weighted by Crippen LogP contribution is 2.26. The second-order valence-corrected chi connectivity index (χ2v) is 4.96. The number of hydrogen-bond donors (Lipinski definition) is 1. The van der Waals surface area contributed by atoms with Crippen LogP contribution in [0.5, 0.6) is 0 Å². The summed E-state index contributed by atoms with van der Waals surface area (Å²) in [4.78, 5) is 1.33. The second kappa shape index (κ2) is 6.18. The number of rotatable bonds is 6. The van der Waals surface area contributed by atoms with E-state index in [2.05, 4.69) is 42.6 Å². The van der Waals surface area contributed by atoms with E-state index in [1.807, 2.05) is 0 Å². The van der Waals surface area contributed by atoms with Crippen molar-refractivity contribution >= 4 is 11.5 Å². The lowest BCUT2D eigenvalue weighted by atomic mass is 10.0.